The summed E-state index contributed by atoms with van der Waals surface area (Å²) in [7, 11) is 1.46. The zero-order valence-corrected chi connectivity index (χ0v) is 16.5. The molecule has 0 bridgehead atoms. The highest BCUT2D eigenvalue weighted by Crippen LogP contribution is 2.42. The molecule has 0 amide bonds. The van der Waals surface area contributed by atoms with Gasteiger partial charge in [0.15, 0.2) is 11.9 Å². The fourth-order valence-electron chi connectivity index (χ4n) is 3.51. The van der Waals surface area contributed by atoms with E-state index in [1.165, 1.54) is 38.6 Å². The number of hydrogen-bond donors (Lipinski definition) is 2. The number of nitrogens with two attached hydrogens (primary N) is 1. The van der Waals surface area contributed by atoms with E-state index in [1.54, 1.807) is 0 Å². The van der Waals surface area contributed by atoms with E-state index < -0.39 is 36.1 Å². The average Bonchev–Trinajstić information content (AvgIpc) is 2.71. The molecular formula is C19H18F4N6O2. The van der Waals surface area contributed by atoms with Gasteiger partial charge in [0.1, 0.15) is 11.5 Å². The van der Waals surface area contributed by atoms with Crippen LogP contribution in [0.4, 0.5) is 23.2 Å². The monoisotopic (exact) mass is 438 g/mol. The van der Waals surface area contributed by atoms with E-state index in [4.69, 9.17) is 10.5 Å². The number of benzene rings is 1. The fourth-order valence-corrected chi connectivity index (χ4v) is 3.51. The number of nitrogens with zero attached hydrogens (tertiary/aromatic N) is 4. The van der Waals surface area contributed by atoms with E-state index in [1.807, 2.05) is 0 Å². The molecule has 0 fully saturated rings. The van der Waals surface area contributed by atoms with Crippen molar-refractivity contribution in [1.29, 1.82) is 0 Å². The summed E-state index contributed by atoms with van der Waals surface area (Å²) in [4.78, 5) is 16.7. The number of ether oxygens (including phenoxy) is 2. The second kappa shape index (κ2) is 7.36. The van der Waals surface area contributed by atoms with E-state index in [9.17, 15) is 17.6 Å². The topological polar surface area (TPSA) is 107 Å². The molecule has 0 aliphatic carbocycles. The first-order chi connectivity index (χ1) is 14.6. The van der Waals surface area contributed by atoms with Crippen LogP contribution in [-0.2, 0) is 16.8 Å². The standard InChI is InChI=1S/C19H18F4N6O2/c1-18(5-14(19(21,22)23)31-17(24)29-18)10-4-12-9(3-11(10)20)6-27-16(28-12)13-7-26-15(30-2)8-25-13/h3-4,7-8,14H,5-6H2,1-2H3,(H2,24,29)(H,27,28)/t14-,18-/m0/s1. The maximum absolute atomic E-state index is 14.9. The lowest BCUT2D eigenvalue weighted by Crippen LogP contribution is -2.46. The molecule has 0 saturated carbocycles. The highest BCUT2D eigenvalue weighted by atomic mass is 19.4. The minimum atomic E-state index is -4.67. The summed E-state index contributed by atoms with van der Waals surface area (Å²) in [5, 5.41) is 3.02. The molecular weight excluding hydrogens is 420 g/mol. The van der Waals surface area contributed by atoms with Crippen LogP contribution in [0.15, 0.2) is 34.5 Å². The quantitative estimate of drug-likeness (QED) is 0.714. The highest BCUT2D eigenvalue weighted by Gasteiger charge is 2.50. The maximum Gasteiger partial charge on any atom is 0.425 e. The van der Waals surface area contributed by atoms with Gasteiger partial charge < -0.3 is 20.5 Å². The van der Waals surface area contributed by atoms with Gasteiger partial charge in [0.05, 0.1) is 30.7 Å². The van der Waals surface area contributed by atoms with Gasteiger partial charge in [0.2, 0.25) is 5.88 Å². The van der Waals surface area contributed by atoms with Crippen LogP contribution in [0.5, 0.6) is 5.88 Å². The fraction of sp³-hybridized carbons (Fsp3) is 0.368. The second-order valence-electron chi connectivity index (χ2n) is 7.29. The van der Waals surface area contributed by atoms with Crippen LogP contribution in [0.1, 0.15) is 30.2 Å². The van der Waals surface area contributed by atoms with Crippen molar-refractivity contribution in [2.24, 2.45) is 15.7 Å². The molecule has 31 heavy (non-hydrogen) atoms. The minimum Gasteiger partial charge on any atom is -0.480 e. The lowest BCUT2D eigenvalue weighted by Gasteiger charge is -2.36. The number of hydrogen-bond acceptors (Lipinski definition) is 8. The minimum absolute atomic E-state index is 0.0578. The lowest BCUT2D eigenvalue weighted by atomic mass is 9.84. The van der Waals surface area contributed by atoms with Gasteiger partial charge in [0, 0.05) is 18.5 Å². The Morgan fingerprint density at radius 1 is 1.26 bits per heavy atom. The highest BCUT2D eigenvalue weighted by molar-refractivity contribution is 5.99. The zero-order chi connectivity index (χ0) is 22.4. The largest absolute Gasteiger partial charge is 0.480 e. The Bertz CT molecular complexity index is 1070. The summed E-state index contributed by atoms with van der Waals surface area (Å²) in [5.74, 6) is 0.00543. The van der Waals surface area contributed by atoms with Crippen molar-refractivity contribution in [3.63, 3.8) is 0 Å². The van der Waals surface area contributed by atoms with Gasteiger partial charge in [-0.25, -0.2) is 24.3 Å². The van der Waals surface area contributed by atoms with Crippen molar-refractivity contribution >= 4 is 17.5 Å². The predicted molar refractivity (Wildman–Crippen MR) is 103 cm³/mol. The molecule has 3 heterocycles. The van der Waals surface area contributed by atoms with E-state index in [-0.39, 0.29) is 12.1 Å². The Kier molecular flexibility index (Phi) is 4.94. The smallest absolute Gasteiger partial charge is 0.425 e. The van der Waals surface area contributed by atoms with E-state index in [2.05, 4.69) is 30.0 Å². The van der Waals surface area contributed by atoms with Gasteiger partial charge in [-0.15, -0.1) is 0 Å². The molecule has 2 aromatic rings. The second-order valence-corrected chi connectivity index (χ2v) is 7.29. The van der Waals surface area contributed by atoms with Gasteiger partial charge >= 0.3 is 6.18 Å². The Morgan fingerprint density at radius 3 is 2.68 bits per heavy atom. The number of halogens is 4. The molecule has 0 radical (unpaired) electrons. The third kappa shape index (κ3) is 3.97. The van der Waals surface area contributed by atoms with Crippen LogP contribution in [-0.4, -0.2) is 41.2 Å². The van der Waals surface area contributed by atoms with Crippen LogP contribution >= 0.6 is 0 Å². The third-order valence-electron chi connectivity index (χ3n) is 5.07. The Morgan fingerprint density at radius 2 is 2.03 bits per heavy atom. The number of alkyl halides is 3. The van der Waals surface area contributed by atoms with Crippen molar-refractivity contribution in [3.8, 4) is 5.88 Å². The number of amidine groups is 2. The Balaban J connectivity index is 1.74. The number of methoxy groups -OCH3 is 1. The number of rotatable bonds is 3. The van der Waals surface area contributed by atoms with Gasteiger partial charge in [-0.1, -0.05) is 0 Å². The molecule has 0 saturated heterocycles. The Hall–Kier alpha value is -3.44. The normalized spacial score (nSPS) is 23.1. The molecule has 1 aromatic heterocycles. The van der Waals surface area contributed by atoms with Crippen LogP contribution < -0.4 is 15.8 Å². The van der Waals surface area contributed by atoms with E-state index in [0.717, 1.165) is 0 Å². The molecule has 2 aliphatic rings. The van der Waals surface area contributed by atoms with Gasteiger partial charge in [-0.3, -0.25) is 0 Å². The number of aliphatic imine (C=N–C) groups is 2. The van der Waals surface area contributed by atoms with Crippen molar-refractivity contribution in [2.45, 2.75) is 37.7 Å². The molecule has 164 valence electrons. The van der Waals surface area contributed by atoms with Gasteiger partial charge in [-0.05, 0) is 24.6 Å². The molecule has 8 nitrogen and oxygen atoms in total. The van der Waals surface area contributed by atoms with Crippen LogP contribution in [0.3, 0.4) is 0 Å². The van der Waals surface area contributed by atoms with Crippen molar-refractivity contribution in [3.05, 3.63) is 47.2 Å². The summed E-state index contributed by atoms with van der Waals surface area (Å²) in [6.07, 6.45) is -4.61. The van der Waals surface area contributed by atoms with Crippen molar-refractivity contribution in [1.82, 2.24) is 15.3 Å². The summed E-state index contributed by atoms with van der Waals surface area (Å²) in [5.41, 5.74) is 5.19. The number of fused-ring (bicyclic) bond motifs is 1. The number of nitrogens with one attached hydrogen (secondary N) is 1. The third-order valence-corrected chi connectivity index (χ3v) is 5.07. The molecule has 2 atom stereocenters. The van der Waals surface area contributed by atoms with Crippen molar-refractivity contribution < 1.29 is 27.0 Å². The molecule has 2 aliphatic heterocycles. The first kappa shape index (κ1) is 20.8. The molecule has 3 N–H and O–H groups in total. The van der Waals surface area contributed by atoms with E-state index in [0.29, 0.717) is 28.7 Å². The molecule has 1 aromatic carbocycles. The SMILES string of the molecule is COc1cnc(C2=Nc3cc([C@]4(C)C[C@@H](C(F)(F)F)OC(N)=N4)c(F)cc3CN2)cn1. The van der Waals surface area contributed by atoms with Crippen molar-refractivity contribution in [2.75, 3.05) is 7.11 Å². The van der Waals surface area contributed by atoms with Gasteiger partial charge in [0.25, 0.3) is 6.02 Å². The molecule has 0 unspecified atom stereocenters. The van der Waals surface area contributed by atoms with Crippen LogP contribution in [0, 0.1) is 5.82 Å². The molecule has 12 heteroatoms. The van der Waals surface area contributed by atoms with Gasteiger partial charge in [-0.2, -0.15) is 13.2 Å². The summed E-state index contributed by atoms with van der Waals surface area (Å²) >= 11 is 0. The van der Waals surface area contributed by atoms with Crippen LogP contribution in [0.25, 0.3) is 0 Å². The molecule has 4 rings (SSSR count). The summed E-state index contributed by atoms with van der Waals surface area (Å²) in [6.45, 7) is 1.63. The average molecular weight is 438 g/mol. The van der Waals surface area contributed by atoms with Crippen LogP contribution in [0.2, 0.25) is 0 Å². The lowest BCUT2D eigenvalue weighted by molar-refractivity contribution is -0.208. The zero-order valence-electron chi connectivity index (χ0n) is 16.5. The predicted octanol–water partition coefficient (Wildman–Crippen LogP) is 2.69. The van der Waals surface area contributed by atoms with E-state index >= 15 is 0 Å². The summed E-state index contributed by atoms with van der Waals surface area (Å²) in [6, 6.07) is 1.97. The number of aromatic nitrogens is 2. The summed E-state index contributed by atoms with van der Waals surface area (Å²) < 4.78 is 64.3. The maximum atomic E-state index is 14.9. The molecule has 0 spiro atoms. The first-order valence-corrected chi connectivity index (χ1v) is 9.19. The first-order valence-electron chi connectivity index (χ1n) is 9.19. The Labute approximate surface area is 174 Å².